The summed E-state index contributed by atoms with van der Waals surface area (Å²) in [5.41, 5.74) is 8.16. The molecule has 0 aliphatic carbocycles. The zero-order valence-electron chi connectivity index (χ0n) is 11.3. The summed E-state index contributed by atoms with van der Waals surface area (Å²) < 4.78 is 25.6. The molecule has 3 N–H and O–H groups in total. The fourth-order valence-electron chi connectivity index (χ4n) is 2.80. The Morgan fingerprint density at radius 2 is 1.95 bits per heavy atom. The van der Waals surface area contributed by atoms with Crippen LogP contribution in [0, 0.1) is 0 Å². The molecule has 7 heteroatoms. The topological polar surface area (TPSA) is 88.8 Å². The molecule has 0 radical (unpaired) electrons. The Morgan fingerprint density at radius 3 is 2.62 bits per heavy atom. The predicted molar refractivity (Wildman–Crippen MR) is 86.5 cm³/mol. The molecule has 0 saturated carbocycles. The highest BCUT2D eigenvalue weighted by atomic mass is 79.9. The lowest BCUT2D eigenvalue weighted by atomic mass is 10.0. The number of sulfone groups is 1. The Morgan fingerprint density at radius 1 is 1.24 bits per heavy atom. The van der Waals surface area contributed by atoms with E-state index in [1.54, 1.807) is 0 Å². The van der Waals surface area contributed by atoms with Crippen molar-refractivity contribution >= 4 is 31.6 Å². The third-order valence-corrected chi connectivity index (χ3v) is 6.58. The quantitative estimate of drug-likeness (QED) is 0.850. The fraction of sp³-hybridized carbons (Fsp3) is 0.357. The summed E-state index contributed by atoms with van der Waals surface area (Å²) in [4.78, 5) is 0. The van der Waals surface area contributed by atoms with E-state index in [2.05, 4.69) is 26.1 Å². The molecule has 2 aromatic rings. The first-order valence-corrected chi connectivity index (χ1v) is 9.31. The minimum absolute atomic E-state index is 0.233. The van der Waals surface area contributed by atoms with Crippen molar-refractivity contribution in [3.05, 3.63) is 34.4 Å². The Hall–Kier alpha value is -1.34. The molecule has 1 atom stereocenters. The zero-order valence-corrected chi connectivity index (χ0v) is 13.7. The highest BCUT2D eigenvalue weighted by Gasteiger charge is 2.34. The maximum absolute atomic E-state index is 12.3. The van der Waals surface area contributed by atoms with E-state index in [1.165, 1.54) is 0 Å². The van der Waals surface area contributed by atoms with E-state index in [9.17, 15) is 8.42 Å². The number of nitrogens with one attached hydrogen (secondary N) is 1. The molecule has 1 saturated heterocycles. The Labute approximate surface area is 132 Å². The number of nitrogens with zero attached hydrogens (tertiary/aromatic N) is 1. The van der Waals surface area contributed by atoms with Crippen LogP contribution in [0.4, 0.5) is 5.82 Å². The van der Waals surface area contributed by atoms with E-state index < -0.39 is 15.1 Å². The number of anilines is 1. The van der Waals surface area contributed by atoms with Crippen molar-refractivity contribution in [2.45, 2.75) is 24.5 Å². The molecule has 1 unspecified atom stereocenters. The molecule has 1 aliphatic heterocycles. The Kier molecular flexibility index (Phi) is 3.79. The maximum Gasteiger partial charge on any atom is 0.158 e. The van der Waals surface area contributed by atoms with E-state index in [0.29, 0.717) is 23.5 Å². The molecular formula is C14H16BrN3O2S. The second kappa shape index (κ2) is 5.46. The highest BCUT2D eigenvalue weighted by molar-refractivity contribution is 9.10. The van der Waals surface area contributed by atoms with Crippen LogP contribution >= 0.6 is 15.9 Å². The second-order valence-corrected chi connectivity index (χ2v) is 8.47. The molecular weight excluding hydrogens is 354 g/mol. The lowest BCUT2D eigenvalue weighted by molar-refractivity contribution is 0.542. The van der Waals surface area contributed by atoms with Crippen molar-refractivity contribution in [1.29, 1.82) is 0 Å². The van der Waals surface area contributed by atoms with Crippen LogP contribution in [-0.2, 0) is 9.84 Å². The molecule has 1 aromatic carbocycles. The summed E-state index contributed by atoms with van der Waals surface area (Å²) in [5, 5.41) is 6.35. The standard InChI is InChI=1S/C14H16BrN3O2S/c15-10-6-4-9(5-7-10)12-13(17-18-14(12)16)11-3-1-2-8-21(11,19)20/h4-7,11H,1-3,8H2,(H3,16,17,18). The third kappa shape index (κ3) is 2.72. The summed E-state index contributed by atoms with van der Waals surface area (Å²) in [6, 6.07) is 7.62. The summed E-state index contributed by atoms with van der Waals surface area (Å²) in [6.45, 7) is 0. The van der Waals surface area contributed by atoms with Gasteiger partial charge >= 0.3 is 0 Å². The van der Waals surface area contributed by atoms with E-state index in [0.717, 1.165) is 22.9 Å². The van der Waals surface area contributed by atoms with Gasteiger partial charge in [0.1, 0.15) is 5.25 Å². The van der Waals surface area contributed by atoms with Gasteiger partial charge in [-0.15, -0.1) is 0 Å². The molecule has 2 heterocycles. The van der Waals surface area contributed by atoms with Crippen LogP contribution in [0.2, 0.25) is 0 Å². The number of aromatic nitrogens is 2. The summed E-state index contributed by atoms with van der Waals surface area (Å²) in [7, 11) is -3.14. The van der Waals surface area contributed by atoms with Crippen molar-refractivity contribution in [2.24, 2.45) is 0 Å². The minimum Gasteiger partial charge on any atom is -0.382 e. The third-order valence-electron chi connectivity index (χ3n) is 3.86. The molecule has 112 valence electrons. The average molecular weight is 370 g/mol. The zero-order chi connectivity index (χ0) is 15.0. The fourth-order valence-corrected chi connectivity index (χ4v) is 5.01. The number of hydrogen-bond acceptors (Lipinski definition) is 4. The summed E-state index contributed by atoms with van der Waals surface area (Å²) in [6.07, 6.45) is 2.26. The molecule has 0 spiro atoms. The molecule has 1 fully saturated rings. The minimum atomic E-state index is -3.14. The van der Waals surface area contributed by atoms with Crippen LogP contribution in [0.5, 0.6) is 0 Å². The molecule has 1 aromatic heterocycles. The van der Waals surface area contributed by atoms with E-state index >= 15 is 0 Å². The van der Waals surface area contributed by atoms with Crippen LogP contribution < -0.4 is 5.73 Å². The molecule has 0 bridgehead atoms. The normalized spacial score (nSPS) is 21.3. The second-order valence-electron chi connectivity index (χ2n) is 5.26. The first-order chi connectivity index (χ1) is 9.99. The van der Waals surface area contributed by atoms with Crippen molar-refractivity contribution in [3.63, 3.8) is 0 Å². The number of hydrogen-bond donors (Lipinski definition) is 2. The van der Waals surface area contributed by atoms with Crippen molar-refractivity contribution in [3.8, 4) is 11.1 Å². The highest BCUT2D eigenvalue weighted by Crippen LogP contribution is 2.40. The SMILES string of the molecule is Nc1n[nH]c(C2CCCCS2(=O)=O)c1-c1ccc(Br)cc1. The van der Waals surface area contributed by atoms with Gasteiger partial charge in [-0.25, -0.2) is 8.42 Å². The van der Waals surface area contributed by atoms with Gasteiger partial charge in [-0.1, -0.05) is 34.5 Å². The van der Waals surface area contributed by atoms with Gasteiger partial charge < -0.3 is 5.73 Å². The average Bonchev–Trinajstić information content (AvgIpc) is 2.81. The monoisotopic (exact) mass is 369 g/mol. The number of halogens is 1. The van der Waals surface area contributed by atoms with Crippen LogP contribution in [0.3, 0.4) is 0 Å². The van der Waals surface area contributed by atoms with Gasteiger partial charge in [0.25, 0.3) is 0 Å². The number of nitrogen functional groups attached to an aromatic ring is 1. The van der Waals surface area contributed by atoms with Crippen LogP contribution in [0.15, 0.2) is 28.7 Å². The summed E-state index contributed by atoms with van der Waals surface area (Å²) >= 11 is 3.39. The largest absolute Gasteiger partial charge is 0.382 e. The van der Waals surface area contributed by atoms with Crippen molar-refractivity contribution < 1.29 is 8.42 Å². The van der Waals surface area contributed by atoms with Crippen molar-refractivity contribution in [1.82, 2.24) is 10.2 Å². The summed E-state index contributed by atoms with van der Waals surface area (Å²) in [5.74, 6) is 0.573. The number of rotatable bonds is 2. The number of H-pyrrole nitrogens is 1. The molecule has 21 heavy (non-hydrogen) atoms. The van der Waals surface area contributed by atoms with Gasteiger partial charge in [-0.3, -0.25) is 5.10 Å². The van der Waals surface area contributed by atoms with Crippen LogP contribution in [0.1, 0.15) is 30.2 Å². The molecule has 5 nitrogen and oxygen atoms in total. The lowest BCUT2D eigenvalue weighted by Crippen LogP contribution is -2.22. The van der Waals surface area contributed by atoms with Gasteiger partial charge in [0.15, 0.2) is 15.7 Å². The van der Waals surface area contributed by atoms with Crippen molar-refractivity contribution in [2.75, 3.05) is 11.5 Å². The molecule has 1 aliphatic rings. The van der Waals surface area contributed by atoms with Crippen LogP contribution in [-0.4, -0.2) is 24.4 Å². The van der Waals surface area contributed by atoms with Gasteiger partial charge in [0.2, 0.25) is 0 Å². The van der Waals surface area contributed by atoms with E-state index in [4.69, 9.17) is 5.73 Å². The predicted octanol–water partition coefficient (Wildman–Crippen LogP) is 3.06. The smallest absolute Gasteiger partial charge is 0.158 e. The van der Waals surface area contributed by atoms with Gasteiger partial charge in [0, 0.05) is 10.0 Å². The number of nitrogens with two attached hydrogens (primary N) is 1. The first kappa shape index (κ1) is 14.6. The number of benzene rings is 1. The molecule has 0 amide bonds. The molecule has 3 rings (SSSR count). The first-order valence-electron chi connectivity index (χ1n) is 6.80. The number of aromatic amines is 1. The van der Waals surface area contributed by atoms with E-state index in [1.807, 2.05) is 24.3 Å². The van der Waals surface area contributed by atoms with Gasteiger partial charge in [0.05, 0.1) is 11.4 Å². The maximum atomic E-state index is 12.3. The van der Waals surface area contributed by atoms with Gasteiger partial charge in [-0.2, -0.15) is 5.10 Å². The lowest BCUT2D eigenvalue weighted by Gasteiger charge is -2.22. The van der Waals surface area contributed by atoms with Gasteiger partial charge in [-0.05, 0) is 30.5 Å². The Balaban J connectivity index is 2.11. The Bertz CT molecular complexity index is 753. The van der Waals surface area contributed by atoms with E-state index in [-0.39, 0.29) is 5.75 Å². The van der Waals surface area contributed by atoms with Crippen LogP contribution in [0.25, 0.3) is 11.1 Å².